The molecule has 2 aromatic carbocycles. The molecule has 0 unspecified atom stereocenters. The first-order chi connectivity index (χ1) is 10.1. The van der Waals surface area contributed by atoms with Crippen LogP contribution in [-0.2, 0) is 0 Å². The summed E-state index contributed by atoms with van der Waals surface area (Å²) < 4.78 is 0. The lowest BCUT2D eigenvalue weighted by Crippen LogP contribution is -2.35. The molecule has 0 radical (unpaired) electrons. The van der Waals surface area contributed by atoms with E-state index in [-0.39, 0.29) is 6.04 Å². The van der Waals surface area contributed by atoms with Crippen molar-refractivity contribution in [1.29, 1.82) is 0 Å². The second-order valence-corrected chi connectivity index (χ2v) is 5.95. The molecule has 2 N–H and O–H groups in total. The standard InChI is InChI=1S/C18H22N2S/c1-13(2)17(16-12-8-7-9-14(16)3)20-18(21)19-15-10-5-4-6-11-15/h4-13,17H,1-3H3,(H2,19,20,21)/t17-/m1/s1. The number of benzene rings is 2. The Kier molecular flexibility index (Phi) is 5.34. The van der Waals surface area contributed by atoms with E-state index in [1.165, 1.54) is 11.1 Å². The largest absolute Gasteiger partial charge is 0.355 e. The van der Waals surface area contributed by atoms with Crippen LogP contribution in [0.3, 0.4) is 0 Å². The highest BCUT2D eigenvalue weighted by Crippen LogP contribution is 2.24. The van der Waals surface area contributed by atoms with Gasteiger partial charge in [-0.2, -0.15) is 0 Å². The highest BCUT2D eigenvalue weighted by Gasteiger charge is 2.18. The van der Waals surface area contributed by atoms with Gasteiger partial charge in [0.1, 0.15) is 0 Å². The third-order valence-corrected chi connectivity index (χ3v) is 3.73. The molecule has 110 valence electrons. The van der Waals surface area contributed by atoms with Crippen molar-refractivity contribution in [3.63, 3.8) is 0 Å². The van der Waals surface area contributed by atoms with E-state index in [4.69, 9.17) is 12.2 Å². The Labute approximate surface area is 132 Å². The van der Waals surface area contributed by atoms with Gasteiger partial charge in [-0.1, -0.05) is 56.3 Å². The molecule has 0 saturated heterocycles. The van der Waals surface area contributed by atoms with E-state index in [9.17, 15) is 0 Å². The van der Waals surface area contributed by atoms with Crippen molar-refractivity contribution >= 4 is 23.0 Å². The topological polar surface area (TPSA) is 24.1 Å². The third kappa shape index (κ3) is 4.30. The van der Waals surface area contributed by atoms with E-state index in [2.05, 4.69) is 55.7 Å². The third-order valence-electron chi connectivity index (χ3n) is 3.51. The first-order valence-electron chi connectivity index (χ1n) is 7.26. The fraction of sp³-hybridized carbons (Fsp3) is 0.278. The van der Waals surface area contributed by atoms with Crippen molar-refractivity contribution in [3.05, 3.63) is 65.7 Å². The molecule has 0 heterocycles. The Bertz CT molecular complexity index is 593. The molecule has 21 heavy (non-hydrogen) atoms. The van der Waals surface area contributed by atoms with Crippen LogP contribution < -0.4 is 10.6 Å². The Morgan fingerprint density at radius 1 is 0.952 bits per heavy atom. The molecule has 0 spiro atoms. The minimum atomic E-state index is 0.204. The summed E-state index contributed by atoms with van der Waals surface area (Å²) in [4.78, 5) is 0. The minimum absolute atomic E-state index is 0.204. The van der Waals surface area contributed by atoms with Crippen molar-refractivity contribution in [2.75, 3.05) is 5.32 Å². The molecule has 0 bridgehead atoms. The second kappa shape index (κ2) is 7.23. The summed E-state index contributed by atoms with van der Waals surface area (Å²) >= 11 is 5.45. The lowest BCUT2D eigenvalue weighted by molar-refractivity contribution is 0.471. The first kappa shape index (κ1) is 15.5. The molecule has 0 aliphatic carbocycles. The highest BCUT2D eigenvalue weighted by molar-refractivity contribution is 7.80. The first-order valence-corrected chi connectivity index (χ1v) is 7.67. The molecule has 0 aromatic heterocycles. The summed E-state index contributed by atoms with van der Waals surface area (Å²) in [5.74, 6) is 0.446. The van der Waals surface area contributed by atoms with Crippen LogP contribution in [0.5, 0.6) is 0 Å². The lowest BCUT2D eigenvalue weighted by Gasteiger charge is -2.26. The Morgan fingerprint density at radius 3 is 2.19 bits per heavy atom. The number of para-hydroxylation sites is 1. The molecule has 2 aromatic rings. The van der Waals surface area contributed by atoms with E-state index in [1.54, 1.807) is 0 Å². The van der Waals surface area contributed by atoms with Gasteiger partial charge in [-0.05, 0) is 48.3 Å². The summed E-state index contributed by atoms with van der Waals surface area (Å²) in [5.41, 5.74) is 3.58. The van der Waals surface area contributed by atoms with E-state index < -0.39 is 0 Å². The maximum absolute atomic E-state index is 5.45. The number of hydrogen-bond acceptors (Lipinski definition) is 1. The van der Waals surface area contributed by atoms with Crippen molar-refractivity contribution in [2.24, 2.45) is 5.92 Å². The van der Waals surface area contributed by atoms with Gasteiger partial charge in [-0.3, -0.25) is 0 Å². The fourth-order valence-electron chi connectivity index (χ4n) is 2.37. The maximum atomic E-state index is 5.45. The molecule has 2 nitrogen and oxygen atoms in total. The van der Waals surface area contributed by atoms with Crippen LogP contribution in [0.2, 0.25) is 0 Å². The van der Waals surface area contributed by atoms with Crippen LogP contribution in [0, 0.1) is 12.8 Å². The average molecular weight is 298 g/mol. The number of anilines is 1. The molecule has 1 atom stereocenters. The number of aryl methyl sites for hydroxylation is 1. The van der Waals surface area contributed by atoms with Gasteiger partial charge in [0.05, 0.1) is 6.04 Å². The molecule has 2 rings (SSSR count). The van der Waals surface area contributed by atoms with Crippen LogP contribution in [-0.4, -0.2) is 5.11 Å². The molecule has 0 aliphatic heterocycles. The second-order valence-electron chi connectivity index (χ2n) is 5.54. The number of nitrogens with one attached hydrogen (secondary N) is 2. The van der Waals surface area contributed by atoms with Gasteiger partial charge in [-0.15, -0.1) is 0 Å². The van der Waals surface area contributed by atoms with Gasteiger partial charge in [0.2, 0.25) is 0 Å². The van der Waals surface area contributed by atoms with Gasteiger partial charge >= 0.3 is 0 Å². The van der Waals surface area contributed by atoms with Crippen LogP contribution in [0.15, 0.2) is 54.6 Å². The van der Waals surface area contributed by atoms with Crippen LogP contribution in [0.4, 0.5) is 5.69 Å². The molecular weight excluding hydrogens is 276 g/mol. The van der Waals surface area contributed by atoms with E-state index in [0.29, 0.717) is 11.0 Å². The van der Waals surface area contributed by atoms with Crippen molar-refractivity contribution < 1.29 is 0 Å². The van der Waals surface area contributed by atoms with Gasteiger partial charge in [-0.25, -0.2) is 0 Å². The summed E-state index contributed by atoms with van der Waals surface area (Å²) in [6.45, 7) is 6.55. The molecule has 0 aliphatic rings. The SMILES string of the molecule is Cc1ccccc1[C@H](NC(=S)Nc1ccccc1)C(C)C. The zero-order valence-corrected chi connectivity index (χ0v) is 13.6. The number of hydrogen-bond donors (Lipinski definition) is 2. The summed E-state index contributed by atoms with van der Waals surface area (Å²) in [5, 5.41) is 7.33. The zero-order chi connectivity index (χ0) is 15.2. The predicted octanol–water partition coefficient (Wildman–Crippen LogP) is 4.68. The quantitative estimate of drug-likeness (QED) is 0.802. The summed E-state index contributed by atoms with van der Waals surface area (Å²) in [6.07, 6.45) is 0. The summed E-state index contributed by atoms with van der Waals surface area (Å²) in [6, 6.07) is 18.6. The smallest absolute Gasteiger partial charge is 0.171 e. The molecular formula is C18H22N2S. The van der Waals surface area contributed by atoms with Crippen LogP contribution in [0.1, 0.15) is 31.0 Å². The zero-order valence-electron chi connectivity index (χ0n) is 12.8. The number of rotatable bonds is 4. The Hall–Kier alpha value is -1.87. The van der Waals surface area contributed by atoms with Crippen molar-refractivity contribution in [3.8, 4) is 0 Å². The minimum Gasteiger partial charge on any atom is -0.355 e. The van der Waals surface area contributed by atoms with Crippen LogP contribution >= 0.6 is 12.2 Å². The molecule has 0 saturated carbocycles. The molecule has 0 fully saturated rings. The molecule has 0 amide bonds. The Balaban J connectivity index is 2.10. The normalized spacial score (nSPS) is 12.0. The van der Waals surface area contributed by atoms with Gasteiger partial charge in [0, 0.05) is 5.69 Å². The van der Waals surface area contributed by atoms with E-state index in [1.807, 2.05) is 30.3 Å². The van der Waals surface area contributed by atoms with Gasteiger partial charge in [0.25, 0.3) is 0 Å². The fourth-order valence-corrected chi connectivity index (χ4v) is 2.61. The highest BCUT2D eigenvalue weighted by atomic mass is 32.1. The maximum Gasteiger partial charge on any atom is 0.171 e. The predicted molar refractivity (Wildman–Crippen MR) is 94.6 cm³/mol. The van der Waals surface area contributed by atoms with E-state index >= 15 is 0 Å². The van der Waals surface area contributed by atoms with Gasteiger partial charge < -0.3 is 10.6 Å². The van der Waals surface area contributed by atoms with Crippen molar-refractivity contribution in [2.45, 2.75) is 26.8 Å². The lowest BCUT2D eigenvalue weighted by atomic mass is 9.93. The van der Waals surface area contributed by atoms with E-state index in [0.717, 1.165) is 5.69 Å². The Morgan fingerprint density at radius 2 is 1.57 bits per heavy atom. The summed E-state index contributed by atoms with van der Waals surface area (Å²) in [7, 11) is 0. The number of thiocarbonyl (C=S) groups is 1. The molecule has 3 heteroatoms. The van der Waals surface area contributed by atoms with Crippen molar-refractivity contribution in [1.82, 2.24) is 5.32 Å². The average Bonchev–Trinajstić information content (AvgIpc) is 2.46. The monoisotopic (exact) mass is 298 g/mol. The van der Waals surface area contributed by atoms with Crippen LogP contribution in [0.25, 0.3) is 0 Å². The van der Waals surface area contributed by atoms with Gasteiger partial charge in [0.15, 0.2) is 5.11 Å².